The molecule has 0 saturated carbocycles. The fraction of sp³-hybridized carbons (Fsp3) is 0.133. The SMILES string of the molecule is CCOc1cc(/C=N\N(c2ccccc2)c2ccccc2)ccc1OCC(=O)Nc1ccccc1OC. The Morgan fingerprint density at radius 1 is 0.811 bits per heavy atom. The van der Waals surface area contributed by atoms with Crippen LogP contribution in [0, 0.1) is 0 Å². The van der Waals surface area contributed by atoms with Crippen LogP contribution in [0.25, 0.3) is 0 Å². The summed E-state index contributed by atoms with van der Waals surface area (Å²) in [5.74, 6) is 1.27. The molecule has 4 aromatic carbocycles. The fourth-order valence-corrected chi connectivity index (χ4v) is 3.62. The number of para-hydroxylation sites is 4. The van der Waals surface area contributed by atoms with Crippen LogP contribution in [-0.4, -0.2) is 32.4 Å². The molecule has 7 heteroatoms. The van der Waals surface area contributed by atoms with Gasteiger partial charge >= 0.3 is 0 Å². The number of benzene rings is 4. The molecule has 0 aliphatic rings. The molecule has 0 radical (unpaired) electrons. The van der Waals surface area contributed by atoms with Gasteiger partial charge in [0, 0.05) is 0 Å². The molecule has 7 nitrogen and oxygen atoms in total. The first kappa shape index (κ1) is 25.3. The zero-order chi connectivity index (χ0) is 25.9. The van der Waals surface area contributed by atoms with Gasteiger partial charge in [-0.15, -0.1) is 0 Å². The summed E-state index contributed by atoms with van der Waals surface area (Å²) in [6.07, 6.45) is 1.76. The van der Waals surface area contributed by atoms with E-state index in [1.807, 2.05) is 96.9 Å². The van der Waals surface area contributed by atoms with Gasteiger partial charge in [-0.3, -0.25) is 4.79 Å². The molecule has 0 aliphatic carbocycles. The molecule has 0 atom stereocenters. The van der Waals surface area contributed by atoms with Crippen LogP contribution >= 0.6 is 0 Å². The van der Waals surface area contributed by atoms with E-state index < -0.39 is 0 Å². The second-order valence-electron chi connectivity index (χ2n) is 7.90. The number of rotatable bonds is 11. The van der Waals surface area contributed by atoms with Gasteiger partial charge < -0.3 is 19.5 Å². The third kappa shape index (κ3) is 6.89. The quantitative estimate of drug-likeness (QED) is 0.196. The van der Waals surface area contributed by atoms with Gasteiger partial charge in [0.1, 0.15) is 5.75 Å². The summed E-state index contributed by atoms with van der Waals surface area (Å²) in [5, 5.41) is 9.41. The number of nitrogens with zero attached hydrogens (tertiary/aromatic N) is 2. The Balaban J connectivity index is 1.49. The average molecular weight is 496 g/mol. The minimum absolute atomic E-state index is 0.179. The molecule has 0 saturated heterocycles. The summed E-state index contributed by atoms with van der Waals surface area (Å²) in [6, 6.07) is 32.6. The number of amides is 1. The highest BCUT2D eigenvalue weighted by atomic mass is 16.5. The third-order valence-corrected chi connectivity index (χ3v) is 5.33. The van der Waals surface area contributed by atoms with Crippen molar-refractivity contribution in [2.45, 2.75) is 6.92 Å². The van der Waals surface area contributed by atoms with Gasteiger partial charge in [-0.05, 0) is 67.1 Å². The normalized spacial score (nSPS) is 10.6. The maximum atomic E-state index is 12.5. The molecule has 0 unspecified atom stereocenters. The molecule has 0 spiro atoms. The predicted octanol–water partition coefficient (Wildman–Crippen LogP) is 6.28. The molecule has 1 N–H and O–H groups in total. The minimum Gasteiger partial charge on any atom is -0.495 e. The Bertz CT molecular complexity index is 1290. The minimum atomic E-state index is -0.307. The third-order valence-electron chi connectivity index (χ3n) is 5.33. The van der Waals surface area contributed by atoms with Crippen molar-refractivity contribution in [1.29, 1.82) is 0 Å². The van der Waals surface area contributed by atoms with Crippen LogP contribution in [-0.2, 0) is 4.79 Å². The molecular formula is C30H29N3O4. The van der Waals surface area contributed by atoms with Crippen LogP contribution in [0.4, 0.5) is 17.1 Å². The molecule has 0 aromatic heterocycles. The van der Waals surface area contributed by atoms with E-state index in [0.29, 0.717) is 29.5 Å². The lowest BCUT2D eigenvalue weighted by Gasteiger charge is -2.19. The number of hydrazone groups is 1. The molecule has 0 heterocycles. The predicted molar refractivity (Wildman–Crippen MR) is 147 cm³/mol. The zero-order valence-electron chi connectivity index (χ0n) is 20.8. The number of ether oxygens (including phenoxy) is 3. The van der Waals surface area contributed by atoms with Gasteiger partial charge in [0.25, 0.3) is 5.91 Å². The van der Waals surface area contributed by atoms with Gasteiger partial charge in [0.15, 0.2) is 18.1 Å². The van der Waals surface area contributed by atoms with Crippen molar-refractivity contribution < 1.29 is 19.0 Å². The van der Waals surface area contributed by atoms with E-state index in [1.54, 1.807) is 31.5 Å². The van der Waals surface area contributed by atoms with Crippen LogP contribution in [0.5, 0.6) is 17.2 Å². The molecule has 0 bridgehead atoms. The van der Waals surface area contributed by atoms with Crippen molar-refractivity contribution in [3.63, 3.8) is 0 Å². The van der Waals surface area contributed by atoms with Gasteiger partial charge in [-0.2, -0.15) is 5.10 Å². The van der Waals surface area contributed by atoms with Crippen LogP contribution in [0.3, 0.4) is 0 Å². The Morgan fingerprint density at radius 2 is 1.46 bits per heavy atom. The largest absolute Gasteiger partial charge is 0.495 e. The summed E-state index contributed by atoms with van der Waals surface area (Å²) in [6.45, 7) is 2.16. The summed E-state index contributed by atoms with van der Waals surface area (Å²) in [5.41, 5.74) is 3.29. The molecule has 0 fully saturated rings. The van der Waals surface area contributed by atoms with Crippen molar-refractivity contribution in [2.24, 2.45) is 5.10 Å². The van der Waals surface area contributed by atoms with Gasteiger partial charge in [0.2, 0.25) is 0 Å². The standard InChI is InChI=1S/C30H29N3O4/c1-3-36-29-20-23(21-31-33(24-12-6-4-7-13-24)25-14-8-5-9-15-25)18-19-28(29)37-22-30(34)32-26-16-10-11-17-27(26)35-2/h4-21H,3,22H2,1-2H3,(H,32,34)/b31-21-. The molecule has 188 valence electrons. The fourth-order valence-electron chi connectivity index (χ4n) is 3.62. The molecule has 4 aromatic rings. The summed E-state index contributed by atoms with van der Waals surface area (Å²) >= 11 is 0. The molecule has 37 heavy (non-hydrogen) atoms. The first-order valence-electron chi connectivity index (χ1n) is 11.9. The van der Waals surface area contributed by atoms with Crippen molar-refractivity contribution in [1.82, 2.24) is 0 Å². The zero-order valence-corrected chi connectivity index (χ0v) is 20.8. The lowest BCUT2D eigenvalue weighted by Crippen LogP contribution is -2.20. The highest BCUT2D eigenvalue weighted by Crippen LogP contribution is 2.29. The highest BCUT2D eigenvalue weighted by molar-refractivity contribution is 5.93. The van der Waals surface area contributed by atoms with E-state index in [2.05, 4.69) is 5.32 Å². The van der Waals surface area contributed by atoms with E-state index in [1.165, 1.54) is 0 Å². The van der Waals surface area contributed by atoms with Gasteiger partial charge in [-0.25, -0.2) is 5.01 Å². The van der Waals surface area contributed by atoms with Crippen LogP contribution in [0.1, 0.15) is 12.5 Å². The van der Waals surface area contributed by atoms with Crippen molar-refractivity contribution in [3.05, 3.63) is 109 Å². The second-order valence-corrected chi connectivity index (χ2v) is 7.90. The molecular weight excluding hydrogens is 466 g/mol. The van der Waals surface area contributed by atoms with E-state index in [-0.39, 0.29) is 12.5 Å². The topological polar surface area (TPSA) is 72.4 Å². The maximum Gasteiger partial charge on any atom is 0.262 e. The average Bonchev–Trinajstić information content (AvgIpc) is 2.94. The first-order chi connectivity index (χ1) is 18.2. The van der Waals surface area contributed by atoms with E-state index >= 15 is 0 Å². The Morgan fingerprint density at radius 3 is 2.11 bits per heavy atom. The van der Waals surface area contributed by atoms with Gasteiger partial charge in [0.05, 0.1) is 37.0 Å². The van der Waals surface area contributed by atoms with Crippen LogP contribution < -0.4 is 24.5 Å². The Hall–Kier alpha value is -4.78. The lowest BCUT2D eigenvalue weighted by atomic mass is 10.2. The molecule has 1 amide bonds. The number of hydrogen-bond acceptors (Lipinski definition) is 6. The van der Waals surface area contributed by atoms with Gasteiger partial charge in [-0.1, -0.05) is 48.5 Å². The van der Waals surface area contributed by atoms with E-state index in [4.69, 9.17) is 19.3 Å². The summed E-state index contributed by atoms with van der Waals surface area (Å²) < 4.78 is 16.9. The van der Waals surface area contributed by atoms with Crippen LogP contribution in [0.2, 0.25) is 0 Å². The number of nitrogens with one attached hydrogen (secondary N) is 1. The molecule has 0 aliphatic heterocycles. The van der Waals surface area contributed by atoms with Crippen LogP contribution in [0.15, 0.2) is 108 Å². The second kappa shape index (κ2) is 12.8. The van der Waals surface area contributed by atoms with Crippen molar-refractivity contribution in [3.8, 4) is 17.2 Å². The number of anilines is 3. The number of carbonyl (C=O) groups excluding carboxylic acids is 1. The summed E-state index contributed by atoms with van der Waals surface area (Å²) in [4.78, 5) is 12.5. The summed E-state index contributed by atoms with van der Waals surface area (Å²) in [7, 11) is 1.56. The number of hydrogen-bond donors (Lipinski definition) is 1. The van der Waals surface area contributed by atoms with Crippen molar-refractivity contribution >= 4 is 29.2 Å². The maximum absolute atomic E-state index is 12.5. The van der Waals surface area contributed by atoms with E-state index in [9.17, 15) is 4.79 Å². The monoisotopic (exact) mass is 495 g/mol. The molecule has 4 rings (SSSR count). The van der Waals surface area contributed by atoms with E-state index in [0.717, 1.165) is 16.9 Å². The highest BCUT2D eigenvalue weighted by Gasteiger charge is 2.12. The smallest absolute Gasteiger partial charge is 0.262 e. The first-order valence-corrected chi connectivity index (χ1v) is 11.9. The lowest BCUT2D eigenvalue weighted by molar-refractivity contribution is -0.118. The Labute approximate surface area is 216 Å². The number of methoxy groups -OCH3 is 1. The Kier molecular flexibility index (Phi) is 8.75. The number of carbonyl (C=O) groups is 1. The van der Waals surface area contributed by atoms with Crippen molar-refractivity contribution in [2.75, 3.05) is 30.6 Å².